The van der Waals surface area contributed by atoms with Gasteiger partial charge in [-0.3, -0.25) is 4.79 Å². The molecule has 0 spiro atoms. The third kappa shape index (κ3) is 4.40. The molecule has 0 radical (unpaired) electrons. The van der Waals surface area contributed by atoms with Crippen molar-refractivity contribution in [2.45, 2.75) is 50.8 Å². The summed E-state index contributed by atoms with van der Waals surface area (Å²) in [7, 11) is 0. The Morgan fingerprint density at radius 3 is 2.57 bits per heavy atom. The lowest BCUT2D eigenvalue weighted by Crippen LogP contribution is -2.38. The van der Waals surface area contributed by atoms with E-state index in [1.54, 1.807) is 0 Å². The highest BCUT2D eigenvalue weighted by Gasteiger charge is 2.22. The largest absolute Gasteiger partial charge is 0.385 e. The topological polar surface area (TPSA) is 41.1 Å². The minimum atomic E-state index is 0.0637. The van der Waals surface area contributed by atoms with Crippen molar-refractivity contribution in [1.82, 2.24) is 5.32 Å². The van der Waals surface area contributed by atoms with E-state index in [1.165, 1.54) is 12.8 Å². The average Bonchev–Trinajstić information content (AvgIpc) is 2.50. The maximum atomic E-state index is 12.3. The minimum absolute atomic E-state index is 0.0637. The van der Waals surface area contributed by atoms with Crippen molar-refractivity contribution in [2.24, 2.45) is 0 Å². The molecule has 1 fully saturated rings. The van der Waals surface area contributed by atoms with Crippen LogP contribution >= 0.6 is 11.8 Å². The quantitative estimate of drug-likeness (QED) is 0.868. The highest BCUT2D eigenvalue weighted by atomic mass is 32.2. The highest BCUT2D eigenvalue weighted by Crippen LogP contribution is 2.27. The molecule has 1 amide bonds. The zero-order valence-electron chi connectivity index (χ0n) is 13.2. The number of hydrogen-bond acceptors (Lipinski definition) is 3. The van der Waals surface area contributed by atoms with Gasteiger partial charge in [-0.15, -0.1) is 0 Å². The summed E-state index contributed by atoms with van der Waals surface area (Å²) < 4.78 is 0. The van der Waals surface area contributed by atoms with E-state index in [4.69, 9.17) is 0 Å². The lowest BCUT2D eigenvalue weighted by molar-refractivity contribution is 0.0928. The molecule has 116 valence electrons. The molecule has 2 rings (SSSR count). The second-order valence-electron chi connectivity index (χ2n) is 5.74. The van der Waals surface area contributed by atoms with Crippen molar-refractivity contribution in [3.8, 4) is 0 Å². The summed E-state index contributed by atoms with van der Waals surface area (Å²) in [5, 5.41) is 7.27. The summed E-state index contributed by atoms with van der Waals surface area (Å²) in [6.07, 6.45) is 6.81. The number of carbonyl (C=O) groups excluding carboxylic acids is 1. The van der Waals surface area contributed by atoms with Gasteiger partial charge in [-0.25, -0.2) is 0 Å². The molecule has 21 heavy (non-hydrogen) atoms. The molecule has 0 aromatic heterocycles. The molecule has 1 aliphatic carbocycles. The predicted octanol–water partition coefficient (Wildman–Crippen LogP) is 3.83. The number of benzene rings is 1. The monoisotopic (exact) mass is 306 g/mol. The van der Waals surface area contributed by atoms with Gasteiger partial charge in [0.2, 0.25) is 0 Å². The molecule has 0 heterocycles. The van der Waals surface area contributed by atoms with Crippen LogP contribution in [0.15, 0.2) is 18.2 Å². The van der Waals surface area contributed by atoms with Gasteiger partial charge in [0.15, 0.2) is 0 Å². The second-order valence-corrected chi connectivity index (χ2v) is 6.88. The first-order valence-electron chi connectivity index (χ1n) is 7.82. The number of anilines is 1. The fourth-order valence-corrected chi connectivity index (χ4v) is 3.65. The number of thioether (sulfide) groups is 1. The van der Waals surface area contributed by atoms with Crippen molar-refractivity contribution in [3.05, 3.63) is 29.3 Å². The molecule has 3 nitrogen and oxygen atoms in total. The lowest BCUT2D eigenvalue weighted by Gasteiger charge is -2.28. The van der Waals surface area contributed by atoms with Gasteiger partial charge in [0.1, 0.15) is 0 Å². The van der Waals surface area contributed by atoms with E-state index in [0.29, 0.717) is 6.04 Å². The van der Waals surface area contributed by atoms with Crippen LogP contribution in [0.4, 0.5) is 5.69 Å². The molecule has 4 heteroatoms. The lowest BCUT2D eigenvalue weighted by atomic mass is 9.94. The Morgan fingerprint density at radius 2 is 2.00 bits per heavy atom. The van der Waals surface area contributed by atoms with E-state index in [0.717, 1.165) is 41.5 Å². The first kappa shape index (κ1) is 16.2. The van der Waals surface area contributed by atoms with Crippen molar-refractivity contribution >= 4 is 23.4 Å². The Labute approximate surface area is 132 Å². The molecule has 1 aliphatic rings. The van der Waals surface area contributed by atoms with Crippen LogP contribution in [0.2, 0.25) is 0 Å². The van der Waals surface area contributed by atoms with Crippen molar-refractivity contribution < 1.29 is 4.79 Å². The Balaban J connectivity index is 1.93. The molecule has 0 aliphatic heterocycles. The Bertz CT molecular complexity index is 482. The van der Waals surface area contributed by atoms with Gasteiger partial charge in [-0.1, -0.05) is 0 Å². The zero-order valence-corrected chi connectivity index (χ0v) is 14.1. The van der Waals surface area contributed by atoms with Gasteiger partial charge in [-0.2, -0.15) is 11.8 Å². The van der Waals surface area contributed by atoms with Crippen molar-refractivity contribution in [1.29, 1.82) is 0 Å². The van der Waals surface area contributed by atoms with E-state index < -0.39 is 0 Å². The molecule has 0 saturated heterocycles. The smallest absolute Gasteiger partial charge is 0.251 e. The Morgan fingerprint density at radius 1 is 1.29 bits per heavy atom. The molecule has 2 N–H and O–H groups in total. The van der Waals surface area contributed by atoms with Crippen molar-refractivity contribution in [3.63, 3.8) is 0 Å². The summed E-state index contributed by atoms with van der Waals surface area (Å²) in [6, 6.07) is 6.22. The molecule has 0 unspecified atom stereocenters. The van der Waals surface area contributed by atoms with Gasteiger partial charge in [-0.05, 0) is 69.5 Å². The van der Waals surface area contributed by atoms with Gasteiger partial charge in [0.05, 0.1) is 0 Å². The van der Waals surface area contributed by atoms with E-state index in [1.807, 2.05) is 36.9 Å². The minimum Gasteiger partial charge on any atom is -0.385 e. The fraction of sp³-hybridized carbons (Fsp3) is 0.588. The average molecular weight is 306 g/mol. The maximum absolute atomic E-state index is 12.3. The summed E-state index contributed by atoms with van der Waals surface area (Å²) in [5.74, 6) is 0.0637. The molecular weight excluding hydrogens is 280 g/mol. The van der Waals surface area contributed by atoms with Crippen LogP contribution in [0.3, 0.4) is 0 Å². The van der Waals surface area contributed by atoms with E-state index in [9.17, 15) is 4.79 Å². The first-order valence-corrected chi connectivity index (χ1v) is 9.11. The molecular formula is C17H26N2OS. The fourth-order valence-electron chi connectivity index (χ4n) is 2.91. The number of rotatable bonds is 5. The Hall–Kier alpha value is -1.16. The SMILES string of the molecule is CCNc1ccc(C(=O)NC2CCC(SC)CC2)cc1C. The summed E-state index contributed by atoms with van der Waals surface area (Å²) in [4.78, 5) is 12.3. The zero-order chi connectivity index (χ0) is 15.2. The number of hydrogen-bond donors (Lipinski definition) is 2. The first-order chi connectivity index (χ1) is 10.1. The van der Waals surface area contributed by atoms with E-state index in [-0.39, 0.29) is 5.91 Å². The van der Waals surface area contributed by atoms with Gasteiger partial charge < -0.3 is 10.6 Å². The van der Waals surface area contributed by atoms with Crippen LogP contribution in [0.1, 0.15) is 48.5 Å². The standard InChI is InChI=1S/C17H26N2OS/c1-4-18-16-10-5-13(11-12(16)2)17(20)19-14-6-8-15(21-3)9-7-14/h5,10-11,14-15,18H,4,6-9H2,1-3H3,(H,19,20). The Kier molecular flexibility index (Phi) is 5.97. The second kappa shape index (κ2) is 7.74. The van der Waals surface area contributed by atoms with E-state index >= 15 is 0 Å². The van der Waals surface area contributed by atoms with Crippen LogP contribution in [-0.4, -0.2) is 30.0 Å². The summed E-state index contributed by atoms with van der Waals surface area (Å²) >= 11 is 1.95. The van der Waals surface area contributed by atoms with Crippen LogP contribution in [0.5, 0.6) is 0 Å². The summed E-state index contributed by atoms with van der Waals surface area (Å²) in [5.41, 5.74) is 2.99. The molecule has 1 aromatic carbocycles. The number of nitrogens with one attached hydrogen (secondary N) is 2. The predicted molar refractivity (Wildman–Crippen MR) is 92.4 cm³/mol. The van der Waals surface area contributed by atoms with Crippen LogP contribution in [0, 0.1) is 6.92 Å². The van der Waals surface area contributed by atoms with Gasteiger partial charge in [0.25, 0.3) is 5.91 Å². The van der Waals surface area contributed by atoms with Gasteiger partial charge in [0, 0.05) is 29.1 Å². The maximum Gasteiger partial charge on any atom is 0.251 e. The third-order valence-electron chi connectivity index (χ3n) is 4.20. The number of aryl methyl sites for hydroxylation is 1. The molecule has 1 aromatic rings. The van der Waals surface area contributed by atoms with Crippen molar-refractivity contribution in [2.75, 3.05) is 18.1 Å². The van der Waals surface area contributed by atoms with Crippen LogP contribution in [-0.2, 0) is 0 Å². The third-order valence-corrected chi connectivity index (χ3v) is 5.34. The highest BCUT2D eigenvalue weighted by molar-refractivity contribution is 7.99. The van der Waals surface area contributed by atoms with E-state index in [2.05, 4.69) is 23.8 Å². The molecule has 0 bridgehead atoms. The molecule has 1 saturated carbocycles. The summed E-state index contributed by atoms with van der Waals surface area (Å²) in [6.45, 7) is 5.01. The number of amides is 1. The van der Waals surface area contributed by atoms with Gasteiger partial charge >= 0.3 is 0 Å². The van der Waals surface area contributed by atoms with Crippen LogP contribution < -0.4 is 10.6 Å². The molecule has 0 atom stereocenters. The van der Waals surface area contributed by atoms with Crippen LogP contribution in [0.25, 0.3) is 0 Å². The normalized spacial score (nSPS) is 21.9. The number of carbonyl (C=O) groups is 1.